The van der Waals surface area contributed by atoms with Crippen LogP contribution in [0, 0.1) is 11.7 Å². The van der Waals surface area contributed by atoms with Gasteiger partial charge in [-0.25, -0.2) is 4.39 Å². The number of anilines is 2. The summed E-state index contributed by atoms with van der Waals surface area (Å²) in [6.07, 6.45) is 2.51. The molecule has 0 atom stereocenters. The van der Waals surface area contributed by atoms with Crippen molar-refractivity contribution in [3.8, 4) is 0 Å². The third-order valence-electron chi connectivity index (χ3n) is 4.33. The molecule has 3 nitrogen and oxygen atoms in total. The van der Waals surface area contributed by atoms with Crippen LogP contribution in [0.2, 0.25) is 0 Å². The van der Waals surface area contributed by atoms with Crippen LogP contribution in [0.5, 0.6) is 0 Å². The molecule has 1 aromatic rings. The van der Waals surface area contributed by atoms with E-state index in [9.17, 15) is 4.39 Å². The molecule has 0 spiro atoms. The summed E-state index contributed by atoms with van der Waals surface area (Å²) in [5.74, 6) is 0.622. The number of nitrogens with zero attached hydrogens (tertiary/aromatic N) is 2. The van der Waals surface area contributed by atoms with Gasteiger partial charge in [-0.05, 0) is 50.0 Å². The summed E-state index contributed by atoms with van der Waals surface area (Å²) in [4.78, 5) is 4.59. The molecule has 0 aromatic heterocycles. The van der Waals surface area contributed by atoms with Crippen LogP contribution in [0.1, 0.15) is 12.8 Å². The highest BCUT2D eigenvalue weighted by molar-refractivity contribution is 5.85. The maximum absolute atomic E-state index is 13.4. The Morgan fingerprint density at radius 2 is 1.86 bits per heavy atom. The Hall–Kier alpha value is -0.710. The molecule has 0 unspecified atom stereocenters. The van der Waals surface area contributed by atoms with Crippen LogP contribution in [-0.4, -0.2) is 39.8 Å². The van der Waals surface area contributed by atoms with E-state index in [1.165, 1.54) is 18.5 Å². The van der Waals surface area contributed by atoms with Gasteiger partial charge in [0, 0.05) is 26.7 Å². The predicted molar refractivity (Wildman–Crippen MR) is 92.0 cm³/mol. The van der Waals surface area contributed by atoms with E-state index in [0.29, 0.717) is 0 Å². The first-order valence-electron chi connectivity index (χ1n) is 7.20. The van der Waals surface area contributed by atoms with Gasteiger partial charge in [-0.15, -0.1) is 24.8 Å². The second-order valence-corrected chi connectivity index (χ2v) is 5.69. The van der Waals surface area contributed by atoms with E-state index in [1.807, 2.05) is 13.1 Å². The molecule has 2 aliphatic rings. The zero-order valence-electron chi connectivity index (χ0n) is 12.3. The fourth-order valence-electron chi connectivity index (χ4n) is 3.15. The first-order valence-corrected chi connectivity index (χ1v) is 7.20. The molecule has 1 N–H and O–H groups in total. The summed E-state index contributed by atoms with van der Waals surface area (Å²) in [5, 5.41) is 3.41. The van der Waals surface area contributed by atoms with Gasteiger partial charge in [-0.2, -0.15) is 0 Å². The number of benzene rings is 1. The lowest BCUT2D eigenvalue weighted by atomic mass is 9.97. The van der Waals surface area contributed by atoms with E-state index in [1.54, 1.807) is 12.1 Å². The van der Waals surface area contributed by atoms with Crippen molar-refractivity contribution in [3.05, 3.63) is 24.0 Å². The molecule has 21 heavy (non-hydrogen) atoms. The molecule has 6 heteroatoms. The quantitative estimate of drug-likeness (QED) is 0.896. The number of halogens is 3. The molecular weight excluding hydrogens is 312 g/mol. The molecule has 3 rings (SSSR count). The van der Waals surface area contributed by atoms with Crippen LogP contribution < -0.4 is 15.1 Å². The highest BCUT2D eigenvalue weighted by Crippen LogP contribution is 2.33. The lowest BCUT2D eigenvalue weighted by molar-refractivity contribution is 0.373. The standard InChI is InChI=1S/C15H22FN3.2ClH/c1-18-8-9-19(11-12-4-6-17-7-5-12)14-3-2-13(16)10-15(14)18;;/h2-3,10,12,17H,4-9,11H2,1H3;2*1H. The minimum Gasteiger partial charge on any atom is -0.371 e. The van der Waals surface area contributed by atoms with E-state index in [-0.39, 0.29) is 30.6 Å². The second kappa shape index (κ2) is 8.06. The SMILES string of the molecule is CN1CCN(CC2CCNCC2)c2ccc(F)cc21.Cl.Cl. The molecule has 0 bridgehead atoms. The van der Waals surface area contributed by atoms with Gasteiger partial charge in [-0.3, -0.25) is 0 Å². The van der Waals surface area contributed by atoms with E-state index in [0.717, 1.165) is 44.3 Å². The van der Waals surface area contributed by atoms with Gasteiger partial charge in [-0.1, -0.05) is 0 Å². The number of rotatable bonds is 2. The minimum absolute atomic E-state index is 0. The summed E-state index contributed by atoms with van der Waals surface area (Å²) in [6, 6.07) is 5.17. The van der Waals surface area contributed by atoms with Crippen molar-refractivity contribution < 1.29 is 4.39 Å². The Kier molecular flexibility index (Phi) is 7.04. The van der Waals surface area contributed by atoms with Crippen molar-refractivity contribution in [3.63, 3.8) is 0 Å². The Morgan fingerprint density at radius 3 is 2.57 bits per heavy atom. The Bertz CT molecular complexity index is 453. The first kappa shape index (κ1) is 18.3. The highest BCUT2D eigenvalue weighted by atomic mass is 35.5. The number of hydrogen-bond donors (Lipinski definition) is 1. The number of nitrogens with one attached hydrogen (secondary N) is 1. The summed E-state index contributed by atoms with van der Waals surface area (Å²) < 4.78 is 13.4. The Balaban J connectivity index is 0.00000110. The zero-order chi connectivity index (χ0) is 13.2. The van der Waals surface area contributed by atoms with Crippen LogP contribution in [0.4, 0.5) is 15.8 Å². The summed E-state index contributed by atoms with van der Waals surface area (Å²) >= 11 is 0. The molecule has 0 radical (unpaired) electrons. The van der Waals surface area contributed by atoms with Crippen LogP contribution in [0.15, 0.2) is 18.2 Å². The predicted octanol–water partition coefficient (Wildman–Crippen LogP) is 2.93. The molecule has 2 heterocycles. The van der Waals surface area contributed by atoms with Crippen LogP contribution in [0.3, 0.4) is 0 Å². The highest BCUT2D eigenvalue weighted by Gasteiger charge is 2.24. The van der Waals surface area contributed by atoms with Gasteiger partial charge in [0.05, 0.1) is 11.4 Å². The maximum atomic E-state index is 13.4. The molecule has 1 saturated heterocycles. The van der Waals surface area contributed by atoms with Crippen molar-refractivity contribution in [2.75, 3.05) is 49.6 Å². The summed E-state index contributed by atoms with van der Waals surface area (Å²) in [6.45, 7) is 5.39. The molecule has 120 valence electrons. The Morgan fingerprint density at radius 1 is 1.14 bits per heavy atom. The van der Waals surface area contributed by atoms with Crippen molar-refractivity contribution in [1.82, 2.24) is 5.32 Å². The lowest BCUT2D eigenvalue weighted by Gasteiger charge is -2.39. The minimum atomic E-state index is -0.144. The topological polar surface area (TPSA) is 18.5 Å². The van der Waals surface area contributed by atoms with Crippen molar-refractivity contribution >= 4 is 36.2 Å². The molecule has 1 aromatic carbocycles. The average molecular weight is 336 g/mol. The van der Waals surface area contributed by atoms with Gasteiger partial charge in [0.15, 0.2) is 0 Å². The van der Waals surface area contributed by atoms with Crippen molar-refractivity contribution in [1.29, 1.82) is 0 Å². The van der Waals surface area contributed by atoms with E-state index >= 15 is 0 Å². The van der Waals surface area contributed by atoms with Gasteiger partial charge in [0.25, 0.3) is 0 Å². The van der Waals surface area contributed by atoms with Crippen LogP contribution in [0.25, 0.3) is 0 Å². The van der Waals surface area contributed by atoms with Gasteiger partial charge in [0.2, 0.25) is 0 Å². The number of piperidine rings is 1. The van der Waals surface area contributed by atoms with Gasteiger partial charge < -0.3 is 15.1 Å². The number of likely N-dealkylation sites (N-methyl/N-ethyl adjacent to an activating group) is 1. The van der Waals surface area contributed by atoms with Crippen LogP contribution >= 0.6 is 24.8 Å². The third-order valence-corrected chi connectivity index (χ3v) is 4.33. The molecule has 0 amide bonds. The van der Waals surface area contributed by atoms with Gasteiger partial charge in [0.1, 0.15) is 5.82 Å². The average Bonchev–Trinajstić information content (AvgIpc) is 2.43. The largest absolute Gasteiger partial charge is 0.371 e. The number of fused-ring (bicyclic) bond motifs is 1. The maximum Gasteiger partial charge on any atom is 0.125 e. The summed E-state index contributed by atoms with van der Waals surface area (Å²) in [7, 11) is 2.04. The zero-order valence-corrected chi connectivity index (χ0v) is 14.0. The first-order chi connectivity index (χ1) is 9.24. The van der Waals surface area contributed by atoms with Crippen molar-refractivity contribution in [2.24, 2.45) is 5.92 Å². The number of hydrogen-bond acceptors (Lipinski definition) is 3. The monoisotopic (exact) mass is 335 g/mol. The molecular formula is C15H24Cl2FN3. The lowest BCUT2D eigenvalue weighted by Crippen LogP contribution is -2.43. The third kappa shape index (κ3) is 4.15. The normalized spacial score (nSPS) is 18.6. The molecule has 0 saturated carbocycles. The second-order valence-electron chi connectivity index (χ2n) is 5.69. The van der Waals surface area contributed by atoms with Crippen molar-refractivity contribution in [2.45, 2.75) is 12.8 Å². The van der Waals surface area contributed by atoms with E-state index in [4.69, 9.17) is 0 Å². The fraction of sp³-hybridized carbons (Fsp3) is 0.600. The van der Waals surface area contributed by atoms with E-state index in [2.05, 4.69) is 15.1 Å². The Labute approximate surface area is 138 Å². The van der Waals surface area contributed by atoms with Gasteiger partial charge >= 0.3 is 0 Å². The smallest absolute Gasteiger partial charge is 0.125 e. The van der Waals surface area contributed by atoms with E-state index < -0.39 is 0 Å². The summed E-state index contributed by atoms with van der Waals surface area (Å²) in [5.41, 5.74) is 2.22. The molecule has 2 aliphatic heterocycles. The van der Waals surface area contributed by atoms with Crippen LogP contribution in [-0.2, 0) is 0 Å². The molecule has 1 fully saturated rings. The molecule has 0 aliphatic carbocycles. The fourth-order valence-corrected chi connectivity index (χ4v) is 3.15.